The van der Waals surface area contributed by atoms with E-state index in [2.05, 4.69) is 21.6 Å². The Bertz CT molecular complexity index is 377. The van der Waals surface area contributed by atoms with Gasteiger partial charge in [0.25, 0.3) is 0 Å². The zero-order valence-electron chi connectivity index (χ0n) is 13.9. The number of nitrogens with zero attached hydrogens (tertiary/aromatic N) is 2. The number of amides is 1. The molecule has 0 bridgehead atoms. The zero-order chi connectivity index (χ0) is 15.9. The fraction of sp³-hybridized carbons (Fsp3) is 0.875. The van der Waals surface area contributed by atoms with Crippen LogP contribution in [0.5, 0.6) is 0 Å². The highest BCUT2D eigenvalue weighted by molar-refractivity contribution is 5.79. The monoisotopic (exact) mass is 294 g/mol. The molecule has 2 atom stereocenters. The summed E-state index contributed by atoms with van der Waals surface area (Å²) in [6.45, 7) is 8.07. The van der Waals surface area contributed by atoms with Crippen LogP contribution in [0.15, 0.2) is 0 Å². The van der Waals surface area contributed by atoms with Crippen LogP contribution in [-0.4, -0.2) is 49.1 Å². The van der Waals surface area contributed by atoms with Gasteiger partial charge in [-0.05, 0) is 52.2 Å². The van der Waals surface area contributed by atoms with Gasteiger partial charge >= 0.3 is 0 Å². The first-order valence-corrected chi connectivity index (χ1v) is 8.04. The minimum Gasteiger partial charge on any atom is -0.337 e. The molecule has 120 valence electrons. The molecular formula is C16H30N4O. The Morgan fingerprint density at radius 1 is 1.48 bits per heavy atom. The first-order chi connectivity index (χ1) is 9.92. The summed E-state index contributed by atoms with van der Waals surface area (Å²) in [7, 11) is 1.96. The normalized spacial score (nSPS) is 22.6. The Hall–Kier alpha value is -1.12. The molecule has 5 nitrogen and oxygen atoms in total. The second-order valence-electron chi connectivity index (χ2n) is 6.53. The van der Waals surface area contributed by atoms with E-state index in [-0.39, 0.29) is 11.8 Å². The van der Waals surface area contributed by atoms with Crippen molar-refractivity contribution < 1.29 is 4.79 Å². The Kier molecular flexibility index (Phi) is 7.13. The van der Waals surface area contributed by atoms with Crippen LogP contribution in [0.2, 0.25) is 0 Å². The lowest BCUT2D eigenvalue weighted by Crippen LogP contribution is -2.53. The Morgan fingerprint density at radius 2 is 2.19 bits per heavy atom. The SMILES string of the molecule is CNCCC1CCCCN1CC(=O)NC(C)(C#N)C(C)C. The molecule has 5 heteroatoms. The van der Waals surface area contributed by atoms with Gasteiger partial charge < -0.3 is 10.6 Å². The Balaban J connectivity index is 2.57. The fourth-order valence-electron chi connectivity index (χ4n) is 2.72. The van der Waals surface area contributed by atoms with Gasteiger partial charge in [0, 0.05) is 6.04 Å². The van der Waals surface area contributed by atoms with E-state index in [4.69, 9.17) is 0 Å². The van der Waals surface area contributed by atoms with Crippen molar-refractivity contribution in [2.75, 3.05) is 26.7 Å². The van der Waals surface area contributed by atoms with E-state index in [0.717, 1.165) is 32.4 Å². The molecule has 1 aliphatic heterocycles. The number of piperidine rings is 1. The molecular weight excluding hydrogens is 264 g/mol. The average Bonchev–Trinajstić information content (AvgIpc) is 2.45. The second-order valence-corrected chi connectivity index (χ2v) is 6.53. The molecule has 1 aliphatic rings. The maximum Gasteiger partial charge on any atom is 0.235 e. The molecule has 0 aromatic rings. The minimum absolute atomic E-state index is 0.0379. The topological polar surface area (TPSA) is 68.2 Å². The number of carbonyl (C=O) groups excluding carboxylic acids is 1. The van der Waals surface area contributed by atoms with Crippen molar-refractivity contribution in [3.63, 3.8) is 0 Å². The molecule has 1 amide bonds. The summed E-state index contributed by atoms with van der Waals surface area (Å²) >= 11 is 0. The van der Waals surface area contributed by atoms with Crippen molar-refractivity contribution in [2.45, 2.75) is 58.0 Å². The van der Waals surface area contributed by atoms with Gasteiger partial charge in [-0.25, -0.2) is 0 Å². The van der Waals surface area contributed by atoms with Crippen molar-refractivity contribution in [3.8, 4) is 6.07 Å². The van der Waals surface area contributed by atoms with Crippen molar-refractivity contribution >= 4 is 5.91 Å². The van der Waals surface area contributed by atoms with E-state index in [1.807, 2.05) is 20.9 Å². The van der Waals surface area contributed by atoms with E-state index in [1.54, 1.807) is 6.92 Å². The van der Waals surface area contributed by atoms with Gasteiger partial charge in [0.1, 0.15) is 5.54 Å². The van der Waals surface area contributed by atoms with Crippen LogP contribution in [0.1, 0.15) is 46.5 Å². The van der Waals surface area contributed by atoms with Gasteiger partial charge in [-0.15, -0.1) is 0 Å². The highest BCUT2D eigenvalue weighted by atomic mass is 16.2. The number of nitriles is 1. The predicted octanol–water partition coefficient (Wildman–Crippen LogP) is 1.50. The molecule has 1 saturated heterocycles. The van der Waals surface area contributed by atoms with Gasteiger partial charge in [0.05, 0.1) is 12.6 Å². The first kappa shape index (κ1) is 17.9. The average molecular weight is 294 g/mol. The van der Waals surface area contributed by atoms with E-state index in [1.165, 1.54) is 6.42 Å². The van der Waals surface area contributed by atoms with Gasteiger partial charge in [0.15, 0.2) is 0 Å². The standard InChI is InChI=1S/C16H30N4O/c1-13(2)16(3,12-17)19-15(21)11-20-10-6-5-7-14(20)8-9-18-4/h13-14,18H,5-11H2,1-4H3,(H,19,21). The predicted molar refractivity (Wildman–Crippen MR) is 84.8 cm³/mol. The van der Waals surface area contributed by atoms with Crippen LogP contribution < -0.4 is 10.6 Å². The first-order valence-electron chi connectivity index (χ1n) is 8.04. The summed E-state index contributed by atoms with van der Waals surface area (Å²) in [6, 6.07) is 2.71. The second kappa shape index (κ2) is 8.35. The number of likely N-dealkylation sites (tertiary alicyclic amines) is 1. The smallest absolute Gasteiger partial charge is 0.235 e. The molecule has 2 N–H and O–H groups in total. The molecule has 1 rings (SSSR count). The van der Waals surface area contributed by atoms with E-state index < -0.39 is 5.54 Å². The van der Waals surface area contributed by atoms with Crippen LogP contribution >= 0.6 is 0 Å². The maximum atomic E-state index is 12.3. The van der Waals surface area contributed by atoms with Crippen molar-refractivity contribution in [3.05, 3.63) is 0 Å². The third kappa shape index (κ3) is 5.29. The number of hydrogen-bond acceptors (Lipinski definition) is 4. The number of rotatable bonds is 7. The van der Waals surface area contributed by atoms with Gasteiger partial charge in [-0.2, -0.15) is 5.26 Å². The van der Waals surface area contributed by atoms with Crippen LogP contribution in [0, 0.1) is 17.2 Å². The summed E-state index contributed by atoms with van der Waals surface area (Å²) in [6.07, 6.45) is 4.63. The molecule has 0 aromatic carbocycles. The van der Waals surface area contributed by atoms with Crippen molar-refractivity contribution in [1.29, 1.82) is 5.26 Å². The quantitative estimate of drug-likeness (QED) is 0.747. The third-order valence-corrected chi connectivity index (χ3v) is 4.61. The summed E-state index contributed by atoms with van der Waals surface area (Å²) in [5.41, 5.74) is -0.784. The molecule has 1 heterocycles. The van der Waals surface area contributed by atoms with Gasteiger partial charge in [-0.1, -0.05) is 20.3 Å². The number of hydrogen-bond donors (Lipinski definition) is 2. The molecule has 0 spiro atoms. The van der Waals surface area contributed by atoms with Crippen LogP contribution in [-0.2, 0) is 4.79 Å². The van der Waals surface area contributed by atoms with E-state index in [9.17, 15) is 10.1 Å². The largest absolute Gasteiger partial charge is 0.337 e. The van der Waals surface area contributed by atoms with Crippen molar-refractivity contribution in [1.82, 2.24) is 15.5 Å². The molecule has 1 fully saturated rings. The molecule has 2 unspecified atom stereocenters. The molecule has 0 aromatic heterocycles. The molecule has 0 radical (unpaired) electrons. The maximum absolute atomic E-state index is 12.3. The number of nitrogens with one attached hydrogen (secondary N) is 2. The van der Waals surface area contributed by atoms with E-state index >= 15 is 0 Å². The lowest BCUT2D eigenvalue weighted by atomic mass is 9.90. The van der Waals surface area contributed by atoms with Crippen LogP contribution in [0.3, 0.4) is 0 Å². The highest BCUT2D eigenvalue weighted by Gasteiger charge is 2.31. The summed E-state index contributed by atoms with van der Waals surface area (Å²) in [5, 5.41) is 15.4. The van der Waals surface area contributed by atoms with Crippen molar-refractivity contribution in [2.24, 2.45) is 5.92 Å². The van der Waals surface area contributed by atoms with Crippen LogP contribution in [0.4, 0.5) is 0 Å². The Labute approximate surface area is 129 Å². The minimum atomic E-state index is -0.784. The molecule has 0 saturated carbocycles. The zero-order valence-corrected chi connectivity index (χ0v) is 13.9. The van der Waals surface area contributed by atoms with Crippen LogP contribution in [0.25, 0.3) is 0 Å². The molecule has 0 aliphatic carbocycles. The highest BCUT2D eigenvalue weighted by Crippen LogP contribution is 2.20. The lowest BCUT2D eigenvalue weighted by Gasteiger charge is -2.36. The Morgan fingerprint density at radius 3 is 2.76 bits per heavy atom. The summed E-state index contributed by atoms with van der Waals surface area (Å²) in [4.78, 5) is 14.6. The number of carbonyl (C=O) groups is 1. The van der Waals surface area contributed by atoms with E-state index in [0.29, 0.717) is 12.6 Å². The third-order valence-electron chi connectivity index (χ3n) is 4.61. The summed E-state index contributed by atoms with van der Waals surface area (Å²) < 4.78 is 0. The summed E-state index contributed by atoms with van der Waals surface area (Å²) in [5.74, 6) is 0.0528. The fourth-order valence-corrected chi connectivity index (χ4v) is 2.72. The molecule has 21 heavy (non-hydrogen) atoms. The van der Waals surface area contributed by atoms with Gasteiger partial charge in [-0.3, -0.25) is 9.69 Å². The van der Waals surface area contributed by atoms with Gasteiger partial charge in [0.2, 0.25) is 5.91 Å². The lowest BCUT2D eigenvalue weighted by molar-refractivity contribution is -0.124.